The van der Waals surface area contributed by atoms with Crippen molar-refractivity contribution in [3.8, 4) is 0 Å². The summed E-state index contributed by atoms with van der Waals surface area (Å²) in [5.74, 6) is 0. The van der Waals surface area contributed by atoms with Gasteiger partial charge in [-0.15, -0.1) is 0 Å². The Hall–Kier alpha value is -2.42. The number of nitrogens with zero attached hydrogens (tertiary/aromatic N) is 2. The molecule has 0 atom stereocenters. The Balaban J connectivity index is 1.93. The van der Waals surface area contributed by atoms with Crippen molar-refractivity contribution in [3.63, 3.8) is 0 Å². The van der Waals surface area contributed by atoms with E-state index >= 15 is 0 Å². The summed E-state index contributed by atoms with van der Waals surface area (Å²) in [6.07, 6.45) is 5.10. The van der Waals surface area contributed by atoms with E-state index in [0.717, 1.165) is 33.8 Å². The molecule has 3 aromatic rings. The molecule has 3 heteroatoms. The number of rotatable bonds is 2. The van der Waals surface area contributed by atoms with Crippen molar-refractivity contribution in [2.75, 3.05) is 4.90 Å². The molecule has 0 fully saturated rings. The third kappa shape index (κ3) is 2.03. The molecule has 0 saturated heterocycles. The molecular weight excluding hydrogens is 284 g/mol. The minimum Gasteiger partial charge on any atom is -0.454 e. The first kappa shape index (κ1) is 14.2. The van der Waals surface area contributed by atoms with Crippen molar-refractivity contribution in [2.45, 2.75) is 26.8 Å². The van der Waals surface area contributed by atoms with Gasteiger partial charge in [-0.05, 0) is 39.3 Å². The van der Waals surface area contributed by atoms with Gasteiger partial charge in [0.2, 0.25) is 0 Å². The van der Waals surface area contributed by atoms with E-state index in [2.05, 4.69) is 68.1 Å². The van der Waals surface area contributed by atoms with Crippen LogP contribution in [0.1, 0.15) is 19.4 Å². The molecular formula is C20H20N2O. The van der Waals surface area contributed by atoms with E-state index in [4.69, 9.17) is 4.42 Å². The Morgan fingerprint density at radius 3 is 2.52 bits per heavy atom. The Bertz CT molecular complexity index is 907. The highest BCUT2D eigenvalue weighted by Gasteiger charge is 2.29. The normalized spacial score (nSPS) is 15.7. The van der Waals surface area contributed by atoms with Gasteiger partial charge in [-0.2, -0.15) is 0 Å². The largest absolute Gasteiger partial charge is 0.454 e. The Labute approximate surface area is 136 Å². The molecule has 23 heavy (non-hydrogen) atoms. The van der Waals surface area contributed by atoms with Crippen molar-refractivity contribution in [1.82, 2.24) is 4.90 Å². The van der Waals surface area contributed by atoms with Crippen LogP contribution in [0.5, 0.6) is 0 Å². The number of furan rings is 1. The van der Waals surface area contributed by atoms with Crippen molar-refractivity contribution < 1.29 is 4.42 Å². The molecule has 2 radical (unpaired) electrons. The Kier molecular flexibility index (Phi) is 3.12. The third-order valence-corrected chi connectivity index (χ3v) is 4.47. The van der Waals surface area contributed by atoms with Crippen LogP contribution in [0.15, 0.2) is 53.2 Å². The number of hydrogen-bond donors (Lipinski definition) is 0. The lowest BCUT2D eigenvalue weighted by Crippen LogP contribution is -2.33. The molecule has 0 unspecified atom stereocenters. The van der Waals surface area contributed by atoms with Gasteiger partial charge in [0.15, 0.2) is 11.7 Å². The Morgan fingerprint density at radius 2 is 1.78 bits per heavy atom. The molecule has 4 rings (SSSR count). The second-order valence-corrected chi connectivity index (χ2v) is 6.29. The number of benzene rings is 2. The minimum absolute atomic E-state index is 0.374. The van der Waals surface area contributed by atoms with Gasteiger partial charge < -0.3 is 14.2 Å². The summed E-state index contributed by atoms with van der Waals surface area (Å²) in [6.45, 7) is 10.7. The second-order valence-electron chi connectivity index (χ2n) is 6.29. The lowest BCUT2D eigenvalue weighted by Gasteiger charge is -2.31. The van der Waals surface area contributed by atoms with Crippen LogP contribution < -0.4 is 4.90 Å². The zero-order chi connectivity index (χ0) is 16.1. The van der Waals surface area contributed by atoms with E-state index in [0.29, 0.717) is 6.04 Å². The fourth-order valence-electron chi connectivity index (χ4n) is 3.28. The van der Waals surface area contributed by atoms with Crippen LogP contribution in [0.4, 0.5) is 5.69 Å². The van der Waals surface area contributed by atoms with Crippen molar-refractivity contribution in [3.05, 3.63) is 67.5 Å². The van der Waals surface area contributed by atoms with Gasteiger partial charge in [0.05, 0.1) is 5.69 Å². The van der Waals surface area contributed by atoms with Gasteiger partial charge >= 0.3 is 0 Å². The van der Waals surface area contributed by atoms with Gasteiger partial charge in [-0.3, -0.25) is 0 Å². The van der Waals surface area contributed by atoms with Crippen molar-refractivity contribution in [2.24, 2.45) is 0 Å². The Morgan fingerprint density at radius 1 is 1.00 bits per heavy atom. The zero-order valence-corrected chi connectivity index (χ0v) is 13.7. The number of fused-ring (bicyclic) bond motifs is 3. The second kappa shape index (κ2) is 5.05. The first-order valence-electron chi connectivity index (χ1n) is 7.93. The maximum atomic E-state index is 6.19. The predicted molar refractivity (Wildman–Crippen MR) is 95.7 cm³/mol. The van der Waals surface area contributed by atoms with Crippen LogP contribution in [0.3, 0.4) is 0 Å². The quantitative estimate of drug-likeness (QED) is 0.647. The van der Waals surface area contributed by atoms with Gasteiger partial charge in [0.1, 0.15) is 5.58 Å². The van der Waals surface area contributed by atoms with Crippen LogP contribution in [-0.2, 0) is 0 Å². The fraction of sp³-hybridized carbons (Fsp3) is 0.200. The summed E-state index contributed by atoms with van der Waals surface area (Å²) >= 11 is 0. The maximum Gasteiger partial charge on any atom is 0.160 e. The predicted octanol–water partition coefficient (Wildman–Crippen LogP) is 5.22. The molecule has 1 aliphatic rings. The number of hydrogen-bond acceptors (Lipinski definition) is 3. The van der Waals surface area contributed by atoms with E-state index in [-0.39, 0.29) is 0 Å². The van der Waals surface area contributed by atoms with Crippen LogP contribution in [0.2, 0.25) is 0 Å². The van der Waals surface area contributed by atoms with E-state index in [1.54, 1.807) is 0 Å². The van der Waals surface area contributed by atoms with Crippen LogP contribution in [0.25, 0.3) is 21.9 Å². The number of aryl methyl sites for hydroxylation is 1. The lowest BCUT2D eigenvalue weighted by molar-refractivity contribution is 0.353. The SMILES string of the molecule is [CH2][C]1N(c2c(C)ccc3c2oc2ccccc23)C=CN1C(C)C. The molecule has 0 bridgehead atoms. The first-order valence-corrected chi connectivity index (χ1v) is 7.93. The number of para-hydroxylation sites is 1. The molecule has 0 saturated carbocycles. The maximum absolute atomic E-state index is 6.19. The molecule has 3 nitrogen and oxygen atoms in total. The molecule has 0 amide bonds. The lowest BCUT2D eigenvalue weighted by atomic mass is 10.1. The van der Waals surface area contributed by atoms with E-state index in [1.165, 1.54) is 5.56 Å². The highest BCUT2D eigenvalue weighted by Crippen LogP contribution is 2.41. The topological polar surface area (TPSA) is 19.6 Å². The van der Waals surface area contributed by atoms with E-state index in [1.807, 2.05) is 18.2 Å². The van der Waals surface area contributed by atoms with Crippen LogP contribution >= 0.6 is 0 Å². The van der Waals surface area contributed by atoms with Gasteiger partial charge in [-0.1, -0.05) is 30.3 Å². The zero-order valence-electron chi connectivity index (χ0n) is 13.7. The average Bonchev–Trinajstić information content (AvgIpc) is 3.08. The molecule has 1 aliphatic heterocycles. The van der Waals surface area contributed by atoms with Gasteiger partial charge in [0, 0.05) is 29.2 Å². The molecule has 1 aromatic heterocycles. The van der Waals surface area contributed by atoms with Crippen LogP contribution in [-0.4, -0.2) is 10.9 Å². The molecule has 2 heterocycles. The third-order valence-electron chi connectivity index (χ3n) is 4.47. The average molecular weight is 304 g/mol. The highest BCUT2D eigenvalue weighted by molar-refractivity contribution is 6.09. The summed E-state index contributed by atoms with van der Waals surface area (Å²) in [5.41, 5.74) is 4.09. The summed E-state index contributed by atoms with van der Waals surface area (Å²) in [7, 11) is 0. The van der Waals surface area contributed by atoms with Crippen LogP contribution in [0, 0.1) is 20.0 Å². The smallest absolute Gasteiger partial charge is 0.160 e. The molecule has 116 valence electrons. The number of anilines is 1. The fourth-order valence-corrected chi connectivity index (χ4v) is 3.28. The van der Waals surface area contributed by atoms with Gasteiger partial charge in [-0.25, -0.2) is 0 Å². The standard InChI is InChI=1S/C20H20N2O/c1-13(2)21-11-12-22(15(21)4)19-14(3)9-10-17-16-7-5-6-8-18(16)23-20(17)19/h5-13H,4H2,1-3H3. The summed E-state index contributed by atoms with van der Waals surface area (Å²) in [4.78, 5) is 4.29. The minimum atomic E-state index is 0.374. The summed E-state index contributed by atoms with van der Waals surface area (Å²) in [6, 6.07) is 12.8. The molecule has 0 N–H and O–H groups in total. The highest BCUT2D eigenvalue weighted by atomic mass is 16.3. The molecule has 0 aliphatic carbocycles. The molecule has 2 aromatic carbocycles. The van der Waals surface area contributed by atoms with Crippen molar-refractivity contribution >= 4 is 27.6 Å². The summed E-state index contributed by atoms with van der Waals surface area (Å²) in [5, 5.41) is 2.30. The van der Waals surface area contributed by atoms with E-state index < -0.39 is 0 Å². The van der Waals surface area contributed by atoms with Crippen molar-refractivity contribution in [1.29, 1.82) is 0 Å². The van der Waals surface area contributed by atoms with Gasteiger partial charge in [0.25, 0.3) is 0 Å². The summed E-state index contributed by atoms with van der Waals surface area (Å²) < 4.78 is 6.19. The first-order chi connectivity index (χ1) is 11.1. The molecule has 0 spiro atoms. The van der Waals surface area contributed by atoms with E-state index in [9.17, 15) is 0 Å². The monoisotopic (exact) mass is 304 g/mol.